The fourth-order valence-electron chi connectivity index (χ4n) is 0.128. The summed E-state index contributed by atoms with van der Waals surface area (Å²) in [7, 11) is 0. The first-order valence-corrected chi connectivity index (χ1v) is 2.76. The van der Waals surface area contributed by atoms with Crippen LogP contribution in [0, 0.1) is 0 Å². The van der Waals surface area contributed by atoms with Gasteiger partial charge in [-0.15, -0.1) is 0 Å². The topological polar surface area (TPSA) is 40.1 Å². The van der Waals surface area contributed by atoms with Crippen LogP contribution in [-0.2, 0) is 11.1 Å². The van der Waals surface area contributed by atoms with E-state index in [1.165, 1.54) is 0 Å². The first kappa shape index (κ1) is 6.78. The second-order valence-corrected chi connectivity index (χ2v) is 1.86. The Hall–Kier alpha value is -0.220. The second kappa shape index (κ2) is 2.87. The van der Waals surface area contributed by atoms with Gasteiger partial charge in [0.25, 0.3) is 0 Å². The maximum Gasteiger partial charge on any atom is 0.104 e. The Morgan fingerprint density at radius 1 is 2.00 bits per heavy atom. The van der Waals surface area contributed by atoms with Gasteiger partial charge in [0.1, 0.15) is 5.83 Å². The van der Waals surface area contributed by atoms with E-state index in [9.17, 15) is 13.2 Å². The van der Waals surface area contributed by atoms with E-state index < -0.39 is 22.7 Å². The van der Waals surface area contributed by atoms with Crippen LogP contribution in [0.4, 0.5) is 4.39 Å². The zero-order valence-corrected chi connectivity index (χ0v) is 4.33. The molecule has 0 radical (unpaired) electrons. The first-order valence-electron chi connectivity index (χ1n) is 1.52. The van der Waals surface area contributed by atoms with Crippen molar-refractivity contribution in [2.75, 3.05) is 5.75 Å². The molecule has 0 aromatic heterocycles. The normalized spacial score (nSPS) is 13.4. The number of hydrogen-bond donors (Lipinski definition) is 0. The Balaban J connectivity index is 3.32. The summed E-state index contributed by atoms with van der Waals surface area (Å²) < 4.78 is 30.4. The highest BCUT2D eigenvalue weighted by atomic mass is 32.2. The lowest BCUT2D eigenvalue weighted by Gasteiger charge is -1.98. The third-order valence-corrected chi connectivity index (χ3v) is 0.823. The molecule has 0 aliphatic carbocycles. The summed E-state index contributed by atoms with van der Waals surface area (Å²) in [5, 5.41) is 0. The molecule has 0 amide bonds. The summed E-state index contributed by atoms with van der Waals surface area (Å²) in [4.78, 5) is 0. The molecule has 0 saturated carbocycles. The van der Waals surface area contributed by atoms with E-state index in [0.717, 1.165) is 0 Å². The highest BCUT2D eigenvalue weighted by Gasteiger charge is 1.85. The van der Waals surface area contributed by atoms with Crippen LogP contribution in [0.2, 0.25) is 0 Å². The average Bonchev–Trinajstić information content (AvgIpc) is 1.27. The Labute approximate surface area is 43.3 Å². The Kier molecular flexibility index (Phi) is 2.78. The van der Waals surface area contributed by atoms with Crippen molar-refractivity contribution < 1.29 is 13.2 Å². The third-order valence-electron chi connectivity index (χ3n) is 0.274. The van der Waals surface area contributed by atoms with Gasteiger partial charge >= 0.3 is 0 Å². The van der Waals surface area contributed by atoms with Crippen molar-refractivity contribution in [2.45, 2.75) is 0 Å². The summed E-state index contributed by atoms with van der Waals surface area (Å²) in [5.74, 6) is -1.41. The van der Waals surface area contributed by atoms with Crippen LogP contribution >= 0.6 is 0 Å². The van der Waals surface area contributed by atoms with Gasteiger partial charge in [-0.2, -0.15) is 0 Å². The highest BCUT2D eigenvalue weighted by molar-refractivity contribution is 7.79. The van der Waals surface area contributed by atoms with E-state index in [-0.39, 0.29) is 0 Å². The van der Waals surface area contributed by atoms with E-state index in [1.807, 2.05) is 0 Å². The van der Waals surface area contributed by atoms with Gasteiger partial charge in [0, 0.05) is 0 Å². The fraction of sp³-hybridized carbons (Fsp3) is 0.333. The van der Waals surface area contributed by atoms with Crippen molar-refractivity contribution in [1.29, 1.82) is 0 Å². The van der Waals surface area contributed by atoms with Crippen molar-refractivity contribution >= 4 is 11.1 Å². The van der Waals surface area contributed by atoms with Crippen LogP contribution in [0.25, 0.3) is 0 Å². The molecule has 2 nitrogen and oxygen atoms in total. The minimum atomic E-state index is -2.32. The van der Waals surface area contributed by atoms with E-state index in [1.54, 1.807) is 0 Å². The van der Waals surface area contributed by atoms with Gasteiger partial charge in [-0.25, -0.2) is 4.39 Å². The molecule has 0 N–H and O–H groups in total. The fourth-order valence-corrected chi connectivity index (χ4v) is 0.384. The number of hydrogen-bond acceptors (Lipinski definition) is 2. The van der Waals surface area contributed by atoms with Crippen molar-refractivity contribution in [3.8, 4) is 0 Å². The SMILES string of the molecule is C=C(F)CS(=O)[O-]. The van der Waals surface area contributed by atoms with Crippen molar-refractivity contribution in [1.82, 2.24) is 0 Å². The molecule has 0 saturated heterocycles. The van der Waals surface area contributed by atoms with Gasteiger partial charge in [0.2, 0.25) is 0 Å². The smallest absolute Gasteiger partial charge is 0.104 e. The Bertz CT molecular complexity index is 89.1. The molecule has 0 aliphatic heterocycles. The van der Waals surface area contributed by atoms with Gasteiger partial charge in [-0.1, -0.05) is 6.58 Å². The first-order chi connectivity index (χ1) is 3.13. The number of halogens is 1. The molecule has 7 heavy (non-hydrogen) atoms. The summed E-state index contributed by atoms with van der Waals surface area (Å²) in [6.07, 6.45) is 0. The number of rotatable bonds is 2. The van der Waals surface area contributed by atoms with Gasteiger partial charge in [0.15, 0.2) is 0 Å². The Morgan fingerprint density at radius 3 is 2.43 bits per heavy atom. The van der Waals surface area contributed by atoms with E-state index in [4.69, 9.17) is 0 Å². The lowest BCUT2D eigenvalue weighted by molar-refractivity contribution is 0.532. The van der Waals surface area contributed by atoms with Crippen LogP contribution in [0.1, 0.15) is 0 Å². The molecule has 0 heterocycles. The molecule has 0 spiro atoms. The van der Waals surface area contributed by atoms with E-state index >= 15 is 0 Å². The minimum Gasteiger partial charge on any atom is -0.772 e. The Morgan fingerprint density at radius 2 is 2.43 bits per heavy atom. The molecule has 42 valence electrons. The molecule has 0 aliphatic rings. The van der Waals surface area contributed by atoms with Gasteiger partial charge < -0.3 is 4.55 Å². The lowest BCUT2D eigenvalue weighted by atomic mass is 10.7. The van der Waals surface area contributed by atoms with Gasteiger partial charge in [-0.05, 0) is 11.1 Å². The van der Waals surface area contributed by atoms with Gasteiger partial charge in [0.05, 0.1) is 5.75 Å². The summed E-state index contributed by atoms with van der Waals surface area (Å²) >= 11 is -2.32. The van der Waals surface area contributed by atoms with Crippen LogP contribution in [0.3, 0.4) is 0 Å². The standard InChI is InChI=1S/C3H5FO2S/c1-3(4)2-7(5)6/h1-2H2,(H,5,6)/p-1. The van der Waals surface area contributed by atoms with Crippen molar-refractivity contribution in [3.05, 3.63) is 12.4 Å². The third kappa shape index (κ3) is 5.78. The molecule has 1 unspecified atom stereocenters. The van der Waals surface area contributed by atoms with Crippen molar-refractivity contribution in [2.24, 2.45) is 0 Å². The molecule has 4 heteroatoms. The summed E-state index contributed by atoms with van der Waals surface area (Å²) in [5.41, 5.74) is 0. The molecular formula is C3H4FO2S-. The molecular weight excluding hydrogens is 119 g/mol. The monoisotopic (exact) mass is 123 g/mol. The maximum atomic E-state index is 11.4. The maximum absolute atomic E-state index is 11.4. The van der Waals surface area contributed by atoms with E-state index in [2.05, 4.69) is 6.58 Å². The van der Waals surface area contributed by atoms with Crippen LogP contribution in [-0.4, -0.2) is 14.5 Å². The molecule has 0 aromatic carbocycles. The van der Waals surface area contributed by atoms with E-state index in [0.29, 0.717) is 0 Å². The van der Waals surface area contributed by atoms with Gasteiger partial charge in [-0.3, -0.25) is 4.21 Å². The van der Waals surface area contributed by atoms with Crippen LogP contribution in [0.15, 0.2) is 12.4 Å². The minimum absolute atomic E-state index is 0.583. The average molecular weight is 123 g/mol. The zero-order valence-electron chi connectivity index (χ0n) is 3.52. The molecule has 0 rings (SSSR count). The quantitative estimate of drug-likeness (QED) is 0.497. The van der Waals surface area contributed by atoms with Crippen LogP contribution in [0.5, 0.6) is 0 Å². The molecule has 0 aromatic rings. The molecule has 1 atom stereocenters. The van der Waals surface area contributed by atoms with Crippen LogP contribution < -0.4 is 0 Å². The van der Waals surface area contributed by atoms with Crippen molar-refractivity contribution in [3.63, 3.8) is 0 Å². The predicted octanol–water partition coefficient (Wildman–Crippen LogP) is 0.349. The summed E-state index contributed by atoms with van der Waals surface area (Å²) in [6, 6.07) is 0. The summed E-state index contributed by atoms with van der Waals surface area (Å²) in [6.45, 7) is 2.74. The lowest BCUT2D eigenvalue weighted by Crippen LogP contribution is -1.93. The zero-order chi connectivity index (χ0) is 5.86. The molecule has 0 fully saturated rings. The largest absolute Gasteiger partial charge is 0.772 e. The second-order valence-electron chi connectivity index (χ2n) is 0.965. The predicted molar refractivity (Wildman–Crippen MR) is 24.0 cm³/mol. The highest BCUT2D eigenvalue weighted by Crippen LogP contribution is 1.90. The molecule has 0 bridgehead atoms.